The van der Waals surface area contributed by atoms with Gasteiger partial charge < -0.3 is 10.1 Å². The van der Waals surface area contributed by atoms with E-state index in [0.29, 0.717) is 12.5 Å². The van der Waals surface area contributed by atoms with Crippen molar-refractivity contribution >= 4 is 12.2 Å². The predicted molar refractivity (Wildman–Crippen MR) is 115 cm³/mol. The molecule has 0 aromatic heterocycles. The van der Waals surface area contributed by atoms with Gasteiger partial charge in [-0.05, 0) is 34.7 Å². The maximum Gasteiger partial charge on any atom is 0.119 e. The van der Waals surface area contributed by atoms with Crippen LogP contribution in [0.15, 0.2) is 84.9 Å². The van der Waals surface area contributed by atoms with Gasteiger partial charge in [-0.2, -0.15) is 0 Å². The summed E-state index contributed by atoms with van der Waals surface area (Å²) < 4.78 is 5.82. The first-order chi connectivity index (χ1) is 13.3. The third-order valence-electron chi connectivity index (χ3n) is 4.51. The summed E-state index contributed by atoms with van der Waals surface area (Å²) in [5.41, 5.74) is 3.74. The molecule has 0 amide bonds. The number of benzene rings is 3. The largest absolute Gasteiger partial charge is 0.492 e. The first-order valence-corrected chi connectivity index (χ1v) is 9.53. The van der Waals surface area contributed by atoms with Crippen molar-refractivity contribution in [2.75, 3.05) is 19.7 Å². The minimum atomic E-state index is 0.502. The molecule has 0 radical (unpaired) electrons. The molecule has 0 heterocycles. The van der Waals surface area contributed by atoms with Crippen LogP contribution in [-0.2, 0) is 0 Å². The topological polar surface area (TPSA) is 21.3 Å². The first kappa shape index (κ1) is 18.9. The Hall–Kier alpha value is -2.84. The second kappa shape index (κ2) is 10.3. The molecule has 1 N–H and O–H groups in total. The van der Waals surface area contributed by atoms with Gasteiger partial charge in [0.05, 0.1) is 0 Å². The van der Waals surface area contributed by atoms with Crippen molar-refractivity contribution in [3.63, 3.8) is 0 Å². The SMILES string of the molecule is CC(CNCCOc1ccc(C=Cc2ccccc2)cc1)c1ccccc1. The van der Waals surface area contributed by atoms with Crippen LogP contribution in [0.2, 0.25) is 0 Å². The third kappa shape index (κ3) is 6.43. The Balaban J connectivity index is 1.37. The molecule has 0 aliphatic heterocycles. The Morgan fingerprint density at radius 2 is 1.37 bits per heavy atom. The van der Waals surface area contributed by atoms with E-state index in [1.165, 1.54) is 16.7 Å². The fourth-order valence-corrected chi connectivity index (χ4v) is 2.89. The molecule has 3 rings (SSSR count). The Labute approximate surface area is 162 Å². The molecule has 3 aromatic carbocycles. The minimum absolute atomic E-state index is 0.502. The van der Waals surface area contributed by atoms with Crippen LogP contribution >= 0.6 is 0 Å². The molecule has 0 bridgehead atoms. The average molecular weight is 357 g/mol. The highest BCUT2D eigenvalue weighted by molar-refractivity contribution is 5.69. The highest BCUT2D eigenvalue weighted by Gasteiger charge is 2.03. The van der Waals surface area contributed by atoms with Crippen molar-refractivity contribution in [3.05, 3.63) is 102 Å². The van der Waals surface area contributed by atoms with Gasteiger partial charge in [-0.15, -0.1) is 0 Å². The molecule has 0 spiro atoms. The smallest absolute Gasteiger partial charge is 0.119 e. The molecule has 0 saturated carbocycles. The molecule has 2 heteroatoms. The van der Waals surface area contributed by atoms with Crippen LogP contribution in [0.4, 0.5) is 0 Å². The summed E-state index contributed by atoms with van der Waals surface area (Å²) in [4.78, 5) is 0. The summed E-state index contributed by atoms with van der Waals surface area (Å²) >= 11 is 0. The maximum atomic E-state index is 5.82. The lowest BCUT2D eigenvalue weighted by atomic mass is 10.0. The van der Waals surface area contributed by atoms with Gasteiger partial charge in [0.2, 0.25) is 0 Å². The van der Waals surface area contributed by atoms with Crippen LogP contribution in [0.3, 0.4) is 0 Å². The molecule has 0 saturated heterocycles. The quantitative estimate of drug-likeness (QED) is 0.396. The van der Waals surface area contributed by atoms with Gasteiger partial charge in [-0.25, -0.2) is 0 Å². The van der Waals surface area contributed by atoms with Crippen LogP contribution in [-0.4, -0.2) is 19.7 Å². The lowest BCUT2D eigenvalue weighted by Gasteiger charge is -2.13. The summed E-state index contributed by atoms with van der Waals surface area (Å²) in [5.74, 6) is 1.41. The first-order valence-electron chi connectivity index (χ1n) is 9.53. The second-order valence-corrected chi connectivity index (χ2v) is 6.68. The number of ether oxygens (including phenoxy) is 1. The average Bonchev–Trinajstić information content (AvgIpc) is 2.74. The zero-order chi connectivity index (χ0) is 18.7. The van der Waals surface area contributed by atoms with E-state index in [2.05, 4.69) is 79.0 Å². The summed E-state index contributed by atoms with van der Waals surface area (Å²) in [6, 6.07) is 29.1. The van der Waals surface area contributed by atoms with Crippen LogP contribution < -0.4 is 10.1 Å². The molecule has 3 aromatic rings. The molecule has 138 valence electrons. The van der Waals surface area contributed by atoms with Gasteiger partial charge in [-0.3, -0.25) is 0 Å². The van der Waals surface area contributed by atoms with Gasteiger partial charge in [0.25, 0.3) is 0 Å². The highest BCUT2D eigenvalue weighted by atomic mass is 16.5. The summed E-state index contributed by atoms with van der Waals surface area (Å²) in [6.45, 7) is 4.70. The molecular weight excluding hydrogens is 330 g/mol. The van der Waals surface area contributed by atoms with E-state index in [1.807, 2.05) is 30.3 Å². The molecular formula is C25H27NO. The Bertz CT molecular complexity index is 810. The fourth-order valence-electron chi connectivity index (χ4n) is 2.89. The van der Waals surface area contributed by atoms with Crippen molar-refractivity contribution in [1.29, 1.82) is 0 Å². The van der Waals surface area contributed by atoms with Crippen molar-refractivity contribution in [2.45, 2.75) is 12.8 Å². The van der Waals surface area contributed by atoms with E-state index in [-0.39, 0.29) is 0 Å². The summed E-state index contributed by atoms with van der Waals surface area (Å²) in [6.07, 6.45) is 4.24. The standard InChI is InChI=1S/C25H27NO/c1-21(24-10-6-3-7-11-24)20-26-18-19-27-25-16-14-23(15-17-25)13-12-22-8-4-2-5-9-22/h2-17,21,26H,18-20H2,1H3. The van der Waals surface area contributed by atoms with Crippen molar-refractivity contribution < 1.29 is 4.74 Å². The molecule has 0 aliphatic carbocycles. The Morgan fingerprint density at radius 1 is 0.778 bits per heavy atom. The zero-order valence-corrected chi connectivity index (χ0v) is 15.8. The lowest BCUT2D eigenvalue weighted by molar-refractivity contribution is 0.313. The predicted octanol–water partition coefficient (Wildman–Crippen LogP) is 5.63. The third-order valence-corrected chi connectivity index (χ3v) is 4.51. The van der Waals surface area contributed by atoms with E-state index in [9.17, 15) is 0 Å². The zero-order valence-electron chi connectivity index (χ0n) is 15.8. The lowest BCUT2D eigenvalue weighted by Crippen LogP contribution is -2.25. The number of rotatable bonds is 9. The number of hydrogen-bond acceptors (Lipinski definition) is 2. The monoisotopic (exact) mass is 357 g/mol. The minimum Gasteiger partial charge on any atom is -0.492 e. The van der Waals surface area contributed by atoms with Crippen LogP contribution in [0, 0.1) is 0 Å². The van der Waals surface area contributed by atoms with Gasteiger partial charge in [0, 0.05) is 13.1 Å². The summed E-state index contributed by atoms with van der Waals surface area (Å²) in [5, 5.41) is 3.47. The van der Waals surface area contributed by atoms with Gasteiger partial charge in [0.15, 0.2) is 0 Å². The number of hydrogen-bond donors (Lipinski definition) is 1. The van der Waals surface area contributed by atoms with Crippen molar-refractivity contribution in [2.24, 2.45) is 0 Å². The van der Waals surface area contributed by atoms with E-state index in [4.69, 9.17) is 4.74 Å². The molecule has 27 heavy (non-hydrogen) atoms. The van der Waals surface area contributed by atoms with E-state index >= 15 is 0 Å². The summed E-state index contributed by atoms with van der Waals surface area (Å²) in [7, 11) is 0. The molecule has 1 unspecified atom stereocenters. The van der Waals surface area contributed by atoms with Crippen molar-refractivity contribution in [1.82, 2.24) is 5.32 Å². The van der Waals surface area contributed by atoms with E-state index < -0.39 is 0 Å². The van der Waals surface area contributed by atoms with Gasteiger partial charge in [0.1, 0.15) is 12.4 Å². The van der Waals surface area contributed by atoms with E-state index in [1.54, 1.807) is 0 Å². The Morgan fingerprint density at radius 3 is 2.04 bits per heavy atom. The van der Waals surface area contributed by atoms with Crippen LogP contribution in [0.1, 0.15) is 29.5 Å². The van der Waals surface area contributed by atoms with Crippen LogP contribution in [0.25, 0.3) is 12.2 Å². The van der Waals surface area contributed by atoms with Crippen LogP contribution in [0.5, 0.6) is 5.75 Å². The van der Waals surface area contributed by atoms with Gasteiger partial charge in [-0.1, -0.05) is 91.9 Å². The van der Waals surface area contributed by atoms with Crippen molar-refractivity contribution in [3.8, 4) is 5.75 Å². The maximum absolute atomic E-state index is 5.82. The number of nitrogens with one attached hydrogen (secondary N) is 1. The van der Waals surface area contributed by atoms with E-state index in [0.717, 1.165) is 18.8 Å². The highest BCUT2D eigenvalue weighted by Crippen LogP contribution is 2.15. The molecule has 2 nitrogen and oxygen atoms in total. The normalized spacial score (nSPS) is 12.2. The van der Waals surface area contributed by atoms with Gasteiger partial charge >= 0.3 is 0 Å². The fraction of sp³-hybridized carbons (Fsp3) is 0.200. The molecule has 0 fully saturated rings. The second-order valence-electron chi connectivity index (χ2n) is 6.68. The Kier molecular flexibility index (Phi) is 7.25. The molecule has 1 atom stereocenters. The molecule has 0 aliphatic rings.